The van der Waals surface area contributed by atoms with E-state index in [1.807, 2.05) is 0 Å². The predicted molar refractivity (Wildman–Crippen MR) is 87.3 cm³/mol. The largest absolute Gasteiger partial charge is 0.389 e. The molecule has 7 atom stereocenters. The van der Waals surface area contributed by atoms with Gasteiger partial charge in [-0.25, -0.2) is 0 Å². The summed E-state index contributed by atoms with van der Waals surface area (Å²) in [5.41, 5.74) is -0.239. The Kier molecular flexibility index (Phi) is 3.31. The van der Waals surface area contributed by atoms with Crippen molar-refractivity contribution in [1.29, 1.82) is 0 Å². The molecule has 0 aliphatic heterocycles. The number of aliphatic hydroxyl groups is 2. The Bertz CT molecular complexity index is 615. The molecule has 124 valence electrons. The van der Waals surface area contributed by atoms with Gasteiger partial charge < -0.3 is 10.2 Å². The zero-order valence-electron chi connectivity index (χ0n) is 13.8. The number of carbonyl (C=O) groups is 1. The van der Waals surface area contributed by atoms with E-state index in [1.165, 1.54) is 0 Å². The molecule has 7 unspecified atom stereocenters. The highest BCUT2D eigenvalue weighted by molar-refractivity contribution is 5.91. The molecule has 0 saturated heterocycles. The summed E-state index contributed by atoms with van der Waals surface area (Å²) in [5, 5.41) is 21.6. The van der Waals surface area contributed by atoms with Crippen molar-refractivity contribution >= 4 is 5.78 Å². The van der Waals surface area contributed by atoms with Gasteiger partial charge in [0.05, 0.1) is 6.10 Å². The lowest BCUT2D eigenvalue weighted by atomic mass is 9.50. The molecule has 4 aliphatic carbocycles. The van der Waals surface area contributed by atoms with Crippen molar-refractivity contribution in [3.8, 4) is 12.3 Å². The maximum Gasteiger partial charge on any atom is 0.155 e. The molecule has 0 bridgehead atoms. The minimum Gasteiger partial charge on any atom is -0.389 e. The number of rotatable bonds is 0. The van der Waals surface area contributed by atoms with Gasteiger partial charge >= 0.3 is 0 Å². The van der Waals surface area contributed by atoms with E-state index in [-0.39, 0.29) is 11.2 Å². The summed E-state index contributed by atoms with van der Waals surface area (Å²) in [6.45, 7) is 2.16. The summed E-state index contributed by atoms with van der Waals surface area (Å²) in [6.07, 6.45) is 12.7. The van der Waals surface area contributed by atoms with E-state index in [2.05, 4.69) is 12.8 Å². The number of ketones is 1. The van der Waals surface area contributed by atoms with E-state index in [0.29, 0.717) is 36.5 Å². The van der Waals surface area contributed by atoms with Crippen LogP contribution in [-0.4, -0.2) is 27.7 Å². The van der Waals surface area contributed by atoms with Crippen LogP contribution in [0.15, 0.2) is 11.6 Å². The molecule has 3 fully saturated rings. The first-order valence-corrected chi connectivity index (χ1v) is 9.02. The lowest BCUT2D eigenvalue weighted by molar-refractivity contribution is -0.118. The van der Waals surface area contributed by atoms with E-state index in [9.17, 15) is 15.0 Å². The van der Waals surface area contributed by atoms with Crippen molar-refractivity contribution in [3.63, 3.8) is 0 Å². The minimum atomic E-state index is -0.994. The Balaban J connectivity index is 1.69. The first-order valence-electron chi connectivity index (χ1n) is 9.02. The molecular formula is C20H26O3. The Hall–Kier alpha value is -1.11. The highest BCUT2D eigenvalue weighted by atomic mass is 16.3. The van der Waals surface area contributed by atoms with Crippen LogP contribution in [0.25, 0.3) is 0 Å². The number of carbonyl (C=O) groups excluding carboxylic acids is 1. The van der Waals surface area contributed by atoms with Gasteiger partial charge in [-0.2, -0.15) is 0 Å². The zero-order chi connectivity index (χ0) is 16.4. The highest BCUT2D eigenvalue weighted by Crippen LogP contribution is 2.64. The van der Waals surface area contributed by atoms with Crippen molar-refractivity contribution in [2.45, 2.75) is 63.6 Å². The fourth-order valence-electron chi connectivity index (χ4n) is 6.44. The lowest BCUT2D eigenvalue weighted by Crippen LogP contribution is -2.53. The molecule has 3 nitrogen and oxygen atoms in total. The normalized spacial score (nSPS) is 52.0. The maximum atomic E-state index is 11.7. The fourth-order valence-corrected chi connectivity index (χ4v) is 6.44. The highest BCUT2D eigenvalue weighted by Gasteiger charge is 2.62. The van der Waals surface area contributed by atoms with Crippen LogP contribution in [0.4, 0.5) is 0 Å². The molecule has 0 aromatic carbocycles. The Morgan fingerprint density at radius 3 is 2.78 bits per heavy atom. The quantitative estimate of drug-likeness (QED) is 0.675. The number of hydrogen-bond acceptors (Lipinski definition) is 3. The summed E-state index contributed by atoms with van der Waals surface area (Å²) in [7, 11) is 0. The number of fused-ring (bicyclic) bond motifs is 5. The number of terminal acetylenes is 1. The van der Waals surface area contributed by atoms with Gasteiger partial charge in [0.1, 0.15) is 5.60 Å². The summed E-state index contributed by atoms with van der Waals surface area (Å²) in [5.74, 6) is 4.54. The number of hydrogen-bond donors (Lipinski definition) is 2. The van der Waals surface area contributed by atoms with E-state index in [0.717, 1.165) is 37.7 Å². The van der Waals surface area contributed by atoms with Crippen LogP contribution in [0.5, 0.6) is 0 Å². The lowest BCUT2D eigenvalue weighted by Gasteiger charge is -2.55. The second-order valence-corrected chi connectivity index (χ2v) is 8.44. The molecule has 3 saturated carbocycles. The molecular weight excluding hydrogens is 288 g/mol. The van der Waals surface area contributed by atoms with Crippen molar-refractivity contribution in [2.75, 3.05) is 0 Å². The average molecular weight is 314 g/mol. The molecule has 4 rings (SSSR count). The third kappa shape index (κ3) is 1.95. The second-order valence-electron chi connectivity index (χ2n) is 8.44. The van der Waals surface area contributed by atoms with Crippen LogP contribution in [0.3, 0.4) is 0 Å². The summed E-state index contributed by atoms with van der Waals surface area (Å²) in [6, 6.07) is 0. The van der Waals surface area contributed by atoms with Crippen LogP contribution in [0.1, 0.15) is 51.9 Å². The standard InChI is InChI=1S/C20H26O3/c1-3-20(23)9-7-17-15-11-18(22)16-10-12(21)4-5-13(16)14(15)6-8-19(17,20)2/h1,10,13-15,17-18,22-23H,4-9,11H2,2H3. The Morgan fingerprint density at radius 2 is 2.04 bits per heavy atom. The van der Waals surface area contributed by atoms with E-state index >= 15 is 0 Å². The minimum absolute atomic E-state index is 0.164. The fraction of sp³-hybridized carbons (Fsp3) is 0.750. The van der Waals surface area contributed by atoms with E-state index < -0.39 is 11.7 Å². The molecule has 0 aromatic rings. The topological polar surface area (TPSA) is 57.5 Å². The molecule has 0 aromatic heterocycles. The first kappa shape index (κ1) is 15.4. The van der Waals surface area contributed by atoms with Gasteiger partial charge in [-0.3, -0.25) is 4.79 Å². The van der Waals surface area contributed by atoms with Crippen molar-refractivity contribution < 1.29 is 15.0 Å². The van der Waals surface area contributed by atoms with Gasteiger partial charge in [0.15, 0.2) is 5.78 Å². The zero-order valence-corrected chi connectivity index (χ0v) is 13.8. The van der Waals surface area contributed by atoms with Crippen LogP contribution < -0.4 is 0 Å². The molecule has 4 aliphatic rings. The smallest absolute Gasteiger partial charge is 0.155 e. The van der Waals surface area contributed by atoms with Gasteiger partial charge in [0.25, 0.3) is 0 Å². The van der Waals surface area contributed by atoms with Crippen LogP contribution >= 0.6 is 0 Å². The summed E-state index contributed by atoms with van der Waals surface area (Å²) in [4.78, 5) is 11.7. The van der Waals surface area contributed by atoms with Crippen LogP contribution in [-0.2, 0) is 4.79 Å². The average Bonchev–Trinajstić information content (AvgIpc) is 2.80. The van der Waals surface area contributed by atoms with Crippen LogP contribution in [0.2, 0.25) is 0 Å². The molecule has 0 radical (unpaired) electrons. The summed E-state index contributed by atoms with van der Waals surface area (Å²) >= 11 is 0. The van der Waals surface area contributed by atoms with E-state index in [1.54, 1.807) is 6.08 Å². The van der Waals surface area contributed by atoms with E-state index in [4.69, 9.17) is 6.42 Å². The molecule has 0 heterocycles. The van der Waals surface area contributed by atoms with Gasteiger partial charge in [-0.05, 0) is 73.8 Å². The Labute approximate surface area is 138 Å². The predicted octanol–water partition coefficient (Wildman–Crippen LogP) is 2.46. The number of aliphatic hydroxyl groups excluding tert-OH is 1. The Morgan fingerprint density at radius 1 is 1.26 bits per heavy atom. The van der Waals surface area contributed by atoms with Crippen molar-refractivity contribution in [2.24, 2.45) is 29.1 Å². The molecule has 0 spiro atoms. The summed E-state index contributed by atoms with van der Waals surface area (Å²) < 4.78 is 0. The van der Waals surface area contributed by atoms with Gasteiger partial charge in [-0.1, -0.05) is 12.8 Å². The van der Waals surface area contributed by atoms with Crippen LogP contribution in [0, 0.1) is 41.4 Å². The maximum absolute atomic E-state index is 11.7. The first-order chi connectivity index (χ1) is 10.9. The third-order valence-electron chi connectivity index (χ3n) is 7.74. The van der Waals surface area contributed by atoms with Gasteiger partial charge in [0.2, 0.25) is 0 Å². The molecule has 0 amide bonds. The second kappa shape index (κ2) is 4.94. The van der Waals surface area contributed by atoms with Gasteiger partial charge in [0, 0.05) is 11.8 Å². The van der Waals surface area contributed by atoms with Crippen molar-refractivity contribution in [3.05, 3.63) is 11.6 Å². The molecule has 23 heavy (non-hydrogen) atoms. The molecule has 3 heteroatoms. The molecule has 2 N–H and O–H groups in total. The van der Waals surface area contributed by atoms with Gasteiger partial charge in [-0.15, -0.1) is 6.42 Å². The SMILES string of the molecule is C#CC1(O)CCC2C3CC(O)C4=CC(=O)CCC4C3CCC21C. The van der Waals surface area contributed by atoms with Crippen molar-refractivity contribution in [1.82, 2.24) is 0 Å². The monoisotopic (exact) mass is 314 g/mol. The third-order valence-corrected chi connectivity index (χ3v) is 7.74.